The topological polar surface area (TPSA) is 9.86 Å². The van der Waals surface area contributed by atoms with Crippen molar-refractivity contribution >= 4 is 49.7 Å². The summed E-state index contributed by atoms with van der Waals surface area (Å²) in [6.45, 7) is 2.09. The Morgan fingerprint density at radius 3 is 1.55 bits per heavy atom. The van der Waals surface area contributed by atoms with E-state index in [4.69, 9.17) is 0 Å². The molecule has 2 heterocycles. The molecule has 8 aromatic carbocycles. The first-order valence-electron chi connectivity index (χ1n) is 18.3. The van der Waals surface area contributed by atoms with Crippen molar-refractivity contribution < 1.29 is 0 Å². The molecular weight excluding hydrogens is 641 g/mol. The van der Waals surface area contributed by atoms with Crippen LogP contribution in [0.5, 0.6) is 0 Å². The number of nitrogens with zero attached hydrogens (tertiary/aromatic N) is 2. The fraction of sp³-hybridized carbons (Fsp3) is 0.0196. The molecule has 0 N–H and O–H groups in total. The number of para-hydroxylation sites is 2. The van der Waals surface area contributed by atoms with Gasteiger partial charge in [-0.1, -0.05) is 140 Å². The first kappa shape index (κ1) is 30.9. The summed E-state index contributed by atoms with van der Waals surface area (Å²) < 4.78 is 4.81. The van der Waals surface area contributed by atoms with Crippen molar-refractivity contribution in [2.24, 2.45) is 0 Å². The summed E-state index contributed by atoms with van der Waals surface area (Å²) in [6.07, 6.45) is 4.37. The highest BCUT2D eigenvalue weighted by atomic mass is 15.0. The molecule has 10 aromatic rings. The molecule has 0 unspecified atom stereocenters. The SMILES string of the molecule is C/C=C\c1ccc2c(c1-c1ccccc1)c1cc(-c3ccc4c(c3)c3ccccc3n4-c3ccc(-c4ccccc4)cc3)ccc1n2-c1ccccc1. The Labute approximate surface area is 309 Å². The lowest BCUT2D eigenvalue weighted by Crippen LogP contribution is -1.94. The maximum absolute atomic E-state index is 2.42. The summed E-state index contributed by atoms with van der Waals surface area (Å²) in [4.78, 5) is 0. The smallest absolute Gasteiger partial charge is 0.0547 e. The summed E-state index contributed by atoms with van der Waals surface area (Å²) in [5.41, 5.74) is 15.7. The highest BCUT2D eigenvalue weighted by Crippen LogP contribution is 2.43. The van der Waals surface area contributed by atoms with Crippen LogP contribution < -0.4 is 0 Å². The molecule has 0 radical (unpaired) electrons. The Hall–Kier alpha value is -6.90. The van der Waals surface area contributed by atoms with Crippen LogP contribution in [0.1, 0.15) is 12.5 Å². The second kappa shape index (κ2) is 12.7. The fourth-order valence-corrected chi connectivity index (χ4v) is 8.26. The van der Waals surface area contributed by atoms with E-state index in [0.29, 0.717) is 0 Å². The standard InChI is InChI=1S/C51H36N2/c1-2-14-37-25-32-49-51(50(37)38-17-8-4-9-18-38)45-34-40(27-31-48(45)53(49)41-19-10-5-11-20-41)39-26-30-47-44(33-39)43-21-12-13-22-46(43)52(47)42-28-23-36(24-29-42)35-15-6-3-7-16-35/h2-34H,1H3/b14-2-. The highest BCUT2D eigenvalue weighted by Gasteiger charge is 2.20. The summed E-state index contributed by atoms with van der Waals surface area (Å²) in [6, 6.07) is 68.4. The first-order chi connectivity index (χ1) is 26.3. The zero-order chi connectivity index (χ0) is 35.3. The molecule has 0 aliphatic rings. The van der Waals surface area contributed by atoms with E-state index in [9.17, 15) is 0 Å². The molecule has 53 heavy (non-hydrogen) atoms. The van der Waals surface area contributed by atoms with Gasteiger partial charge in [-0.05, 0) is 107 Å². The number of fused-ring (bicyclic) bond motifs is 6. The van der Waals surface area contributed by atoms with Gasteiger partial charge in [0, 0.05) is 32.9 Å². The number of hydrogen-bond acceptors (Lipinski definition) is 0. The van der Waals surface area contributed by atoms with E-state index < -0.39 is 0 Å². The molecule has 10 rings (SSSR count). The Balaban J connectivity index is 1.19. The predicted octanol–water partition coefficient (Wildman–Crippen LogP) is 13.9. The third-order valence-corrected chi connectivity index (χ3v) is 10.6. The Bertz CT molecular complexity index is 2960. The third kappa shape index (κ3) is 5.11. The van der Waals surface area contributed by atoms with Crippen molar-refractivity contribution in [1.82, 2.24) is 9.13 Å². The minimum Gasteiger partial charge on any atom is -0.309 e. The normalized spacial score (nSPS) is 11.8. The molecule has 0 atom stereocenters. The number of allylic oxidation sites excluding steroid dienone is 1. The monoisotopic (exact) mass is 676 g/mol. The highest BCUT2D eigenvalue weighted by molar-refractivity contribution is 6.18. The van der Waals surface area contributed by atoms with E-state index >= 15 is 0 Å². The molecule has 0 spiro atoms. The third-order valence-electron chi connectivity index (χ3n) is 10.6. The quantitative estimate of drug-likeness (QED) is 0.166. The molecule has 0 amide bonds. The first-order valence-corrected chi connectivity index (χ1v) is 18.3. The summed E-state index contributed by atoms with van der Waals surface area (Å²) >= 11 is 0. The van der Waals surface area contributed by atoms with Crippen LogP contribution in [0.2, 0.25) is 0 Å². The Morgan fingerprint density at radius 1 is 0.358 bits per heavy atom. The lowest BCUT2D eigenvalue weighted by molar-refractivity contribution is 1.18. The molecule has 0 saturated heterocycles. The van der Waals surface area contributed by atoms with Crippen molar-refractivity contribution in [1.29, 1.82) is 0 Å². The molecule has 2 heteroatoms. The van der Waals surface area contributed by atoms with Crippen LogP contribution in [0.3, 0.4) is 0 Å². The maximum Gasteiger partial charge on any atom is 0.0547 e. The van der Waals surface area contributed by atoms with Crippen LogP contribution in [0.4, 0.5) is 0 Å². The van der Waals surface area contributed by atoms with Gasteiger partial charge >= 0.3 is 0 Å². The summed E-state index contributed by atoms with van der Waals surface area (Å²) in [7, 11) is 0. The zero-order valence-electron chi connectivity index (χ0n) is 29.4. The molecule has 2 nitrogen and oxygen atoms in total. The van der Waals surface area contributed by atoms with Gasteiger partial charge < -0.3 is 9.13 Å². The van der Waals surface area contributed by atoms with Crippen LogP contribution in [0.25, 0.3) is 94.4 Å². The van der Waals surface area contributed by atoms with E-state index in [1.54, 1.807) is 0 Å². The molecule has 2 aromatic heterocycles. The van der Waals surface area contributed by atoms with Crippen molar-refractivity contribution in [3.05, 3.63) is 200 Å². The predicted molar refractivity (Wildman–Crippen MR) is 226 cm³/mol. The molecule has 0 bridgehead atoms. The van der Waals surface area contributed by atoms with Gasteiger partial charge in [-0.15, -0.1) is 0 Å². The van der Waals surface area contributed by atoms with Gasteiger partial charge in [-0.2, -0.15) is 0 Å². The van der Waals surface area contributed by atoms with Crippen LogP contribution in [0, 0.1) is 0 Å². The number of aromatic nitrogens is 2. The van der Waals surface area contributed by atoms with E-state index in [2.05, 4.69) is 216 Å². The van der Waals surface area contributed by atoms with Crippen LogP contribution in [-0.2, 0) is 0 Å². The van der Waals surface area contributed by atoms with Crippen molar-refractivity contribution in [2.75, 3.05) is 0 Å². The summed E-state index contributed by atoms with van der Waals surface area (Å²) in [5, 5.41) is 5.01. The lowest BCUT2D eigenvalue weighted by atomic mass is 9.93. The second-order valence-corrected chi connectivity index (χ2v) is 13.7. The number of benzene rings is 8. The maximum atomic E-state index is 2.42. The zero-order valence-corrected chi connectivity index (χ0v) is 29.4. The van der Waals surface area contributed by atoms with Gasteiger partial charge in [0.15, 0.2) is 0 Å². The van der Waals surface area contributed by atoms with Crippen molar-refractivity contribution in [2.45, 2.75) is 6.92 Å². The van der Waals surface area contributed by atoms with Crippen LogP contribution in [-0.4, -0.2) is 9.13 Å². The Kier molecular flexibility index (Phi) is 7.40. The summed E-state index contributed by atoms with van der Waals surface area (Å²) in [5.74, 6) is 0. The molecule has 0 saturated carbocycles. The number of rotatable bonds is 6. The van der Waals surface area contributed by atoms with Crippen LogP contribution >= 0.6 is 0 Å². The molecule has 250 valence electrons. The van der Waals surface area contributed by atoms with E-state index in [-0.39, 0.29) is 0 Å². The minimum absolute atomic E-state index is 1.16. The van der Waals surface area contributed by atoms with E-state index in [0.717, 1.165) is 11.4 Å². The molecule has 0 aliphatic carbocycles. The number of hydrogen-bond donors (Lipinski definition) is 0. The van der Waals surface area contributed by atoms with Crippen molar-refractivity contribution in [3.63, 3.8) is 0 Å². The van der Waals surface area contributed by atoms with E-state index in [1.165, 1.54) is 82.6 Å². The Morgan fingerprint density at radius 2 is 0.849 bits per heavy atom. The van der Waals surface area contributed by atoms with Crippen molar-refractivity contribution in [3.8, 4) is 44.8 Å². The minimum atomic E-state index is 1.16. The average molecular weight is 677 g/mol. The second-order valence-electron chi connectivity index (χ2n) is 13.7. The van der Waals surface area contributed by atoms with Gasteiger partial charge in [0.25, 0.3) is 0 Å². The van der Waals surface area contributed by atoms with Gasteiger partial charge in [-0.25, -0.2) is 0 Å². The molecule has 0 fully saturated rings. The fourth-order valence-electron chi connectivity index (χ4n) is 8.26. The largest absolute Gasteiger partial charge is 0.309 e. The molecule has 0 aliphatic heterocycles. The van der Waals surface area contributed by atoms with E-state index in [1.807, 2.05) is 0 Å². The van der Waals surface area contributed by atoms with Gasteiger partial charge in [-0.3, -0.25) is 0 Å². The average Bonchev–Trinajstić information content (AvgIpc) is 3.74. The van der Waals surface area contributed by atoms with Gasteiger partial charge in [0.1, 0.15) is 0 Å². The van der Waals surface area contributed by atoms with Gasteiger partial charge in [0.2, 0.25) is 0 Å². The lowest BCUT2D eigenvalue weighted by Gasteiger charge is -2.11. The van der Waals surface area contributed by atoms with Gasteiger partial charge in [0.05, 0.1) is 22.1 Å². The van der Waals surface area contributed by atoms with Crippen LogP contribution in [0.15, 0.2) is 194 Å². The molecular formula is C51H36N2.